The number of benzene rings is 1. The maximum Gasteiger partial charge on any atom is 0.308 e. The van der Waals surface area contributed by atoms with Crippen LogP contribution in [0.3, 0.4) is 0 Å². The Bertz CT molecular complexity index is 773. The molecule has 1 N–H and O–H groups in total. The molecule has 1 aromatic carbocycles. The second-order valence-corrected chi connectivity index (χ2v) is 12.4. The molecule has 0 heterocycles. The molecule has 2 unspecified atom stereocenters. The molecule has 1 aromatic rings. The van der Waals surface area contributed by atoms with Crippen LogP contribution in [-0.2, 0) is 37.6 Å². The van der Waals surface area contributed by atoms with E-state index in [1.807, 2.05) is 27.7 Å². The zero-order valence-electron chi connectivity index (χ0n) is 18.7. The summed E-state index contributed by atoms with van der Waals surface area (Å²) in [6.45, 7) is 8.03. The molecule has 0 aliphatic heterocycles. The number of hydrogen-bond acceptors (Lipinski definition) is 5. The van der Waals surface area contributed by atoms with Gasteiger partial charge in [-0.25, -0.2) is 0 Å². The topological polar surface area (TPSA) is 70.6 Å². The monoisotopic (exact) mass is 499 g/mol. The molecule has 7 heteroatoms. The SMILES string of the molecule is CCOC(=O)CC1(N[S+]([O-])C(C)(C)C)c2cc(Br)ccc2C[C@]12CC[C@@H](OC)CC2. The minimum absolute atomic E-state index is 0.170. The van der Waals surface area contributed by atoms with Crippen LogP contribution >= 0.6 is 15.9 Å². The highest BCUT2D eigenvalue weighted by Crippen LogP contribution is 2.60. The first-order valence-corrected chi connectivity index (χ1v) is 12.7. The lowest BCUT2D eigenvalue weighted by Crippen LogP contribution is -2.60. The van der Waals surface area contributed by atoms with Gasteiger partial charge in [0.1, 0.15) is 10.3 Å². The van der Waals surface area contributed by atoms with Crippen molar-refractivity contribution in [2.75, 3.05) is 13.7 Å². The molecular weight excluding hydrogens is 466 g/mol. The maximum absolute atomic E-state index is 13.4. The summed E-state index contributed by atoms with van der Waals surface area (Å²) in [6.07, 6.45) is 4.94. The quantitative estimate of drug-likeness (QED) is 0.450. The zero-order valence-corrected chi connectivity index (χ0v) is 21.1. The summed E-state index contributed by atoms with van der Waals surface area (Å²) in [6, 6.07) is 6.28. The molecule has 2 aliphatic rings. The number of hydrogen-bond donors (Lipinski definition) is 1. The van der Waals surface area contributed by atoms with E-state index < -0.39 is 21.6 Å². The summed E-state index contributed by atoms with van der Waals surface area (Å²) < 4.78 is 28.5. The van der Waals surface area contributed by atoms with Crippen LogP contribution in [0.1, 0.15) is 70.9 Å². The van der Waals surface area contributed by atoms with Crippen molar-refractivity contribution in [1.29, 1.82) is 0 Å². The highest BCUT2D eigenvalue weighted by molar-refractivity contribution is 9.10. The van der Waals surface area contributed by atoms with E-state index in [9.17, 15) is 9.35 Å². The summed E-state index contributed by atoms with van der Waals surface area (Å²) in [7, 11) is 1.77. The van der Waals surface area contributed by atoms with E-state index in [0.717, 1.165) is 42.1 Å². The van der Waals surface area contributed by atoms with Gasteiger partial charge in [0.05, 0.1) is 19.1 Å². The fraction of sp³-hybridized carbons (Fsp3) is 0.696. The van der Waals surface area contributed by atoms with Gasteiger partial charge >= 0.3 is 5.97 Å². The standard InChI is InChI=1S/C23H34BrNO4S/c1-6-29-20(26)15-23(25-30(27)21(2,3)4)19-13-17(24)8-7-16(19)14-22(23)11-9-18(28-5)10-12-22/h7-8,13,18,25H,6,9-12,14-15H2,1-5H3/t18-,22-,23?,30?. The molecule has 0 aromatic heterocycles. The molecule has 2 aliphatic carbocycles. The summed E-state index contributed by atoms with van der Waals surface area (Å²) in [5.74, 6) is -0.253. The van der Waals surface area contributed by atoms with E-state index in [0.29, 0.717) is 6.61 Å². The predicted molar refractivity (Wildman–Crippen MR) is 124 cm³/mol. The highest BCUT2D eigenvalue weighted by Gasteiger charge is 2.62. The van der Waals surface area contributed by atoms with Crippen molar-refractivity contribution in [3.8, 4) is 0 Å². The minimum Gasteiger partial charge on any atom is -0.598 e. The fourth-order valence-corrected chi connectivity index (χ4v) is 6.49. The number of fused-ring (bicyclic) bond motifs is 1. The summed E-state index contributed by atoms with van der Waals surface area (Å²) in [5, 5.41) is 0. The van der Waals surface area contributed by atoms with Gasteiger partial charge in [-0.3, -0.25) is 4.79 Å². The van der Waals surface area contributed by atoms with Gasteiger partial charge < -0.3 is 14.0 Å². The van der Waals surface area contributed by atoms with Crippen LogP contribution in [0.5, 0.6) is 0 Å². The number of methoxy groups -OCH3 is 1. The molecule has 0 radical (unpaired) electrons. The van der Waals surface area contributed by atoms with Crippen molar-refractivity contribution in [3.05, 3.63) is 33.8 Å². The molecule has 5 nitrogen and oxygen atoms in total. The number of esters is 1. The molecule has 0 saturated heterocycles. The smallest absolute Gasteiger partial charge is 0.308 e. The van der Waals surface area contributed by atoms with Gasteiger partial charge in [0.15, 0.2) is 0 Å². The zero-order chi connectivity index (χ0) is 22.2. The van der Waals surface area contributed by atoms with E-state index in [1.165, 1.54) is 5.56 Å². The van der Waals surface area contributed by atoms with Gasteiger partial charge in [-0.15, -0.1) is 4.72 Å². The molecule has 0 amide bonds. The molecule has 2 atom stereocenters. The van der Waals surface area contributed by atoms with Crippen LogP contribution in [0.15, 0.2) is 22.7 Å². The second kappa shape index (κ2) is 9.10. The van der Waals surface area contributed by atoms with Gasteiger partial charge in [0.25, 0.3) is 0 Å². The van der Waals surface area contributed by atoms with Gasteiger partial charge in [-0.2, -0.15) is 0 Å². The van der Waals surface area contributed by atoms with Crippen molar-refractivity contribution in [2.45, 2.75) is 82.6 Å². The Balaban J connectivity index is 2.14. The Hall–Kier alpha value is -0.600. The van der Waals surface area contributed by atoms with Crippen LogP contribution in [0.2, 0.25) is 0 Å². The summed E-state index contributed by atoms with van der Waals surface area (Å²) >= 11 is 2.27. The number of halogens is 1. The molecule has 0 bridgehead atoms. The highest BCUT2D eigenvalue weighted by atomic mass is 79.9. The molecule has 30 heavy (non-hydrogen) atoms. The molecule has 1 spiro atoms. The number of carbonyl (C=O) groups is 1. The third-order valence-electron chi connectivity index (χ3n) is 6.73. The Morgan fingerprint density at radius 2 is 2.00 bits per heavy atom. The molecule has 3 rings (SSSR count). The first-order valence-electron chi connectivity index (χ1n) is 10.7. The number of ether oxygens (including phenoxy) is 2. The molecule has 1 fully saturated rings. The minimum atomic E-state index is -1.34. The van der Waals surface area contributed by atoms with Crippen molar-refractivity contribution >= 4 is 33.3 Å². The number of rotatable bonds is 6. The first-order chi connectivity index (χ1) is 14.1. The van der Waals surface area contributed by atoms with Gasteiger partial charge in [-0.1, -0.05) is 22.0 Å². The van der Waals surface area contributed by atoms with E-state index in [2.05, 4.69) is 38.9 Å². The maximum atomic E-state index is 13.4. The van der Waals surface area contributed by atoms with Gasteiger partial charge in [0, 0.05) is 28.4 Å². The number of carbonyl (C=O) groups excluding carboxylic acids is 1. The van der Waals surface area contributed by atoms with Crippen LogP contribution in [0, 0.1) is 5.41 Å². The van der Waals surface area contributed by atoms with Crippen molar-refractivity contribution < 1.29 is 18.8 Å². The van der Waals surface area contributed by atoms with Crippen molar-refractivity contribution in [2.24, 2.45) is 5.41 Å². The van der Waals surface area contributed by atoms with Gasteiger partial charge in [-0.05, 0) is 83.1 Å². The Morgan fingerprint density at radius 1 is 1.33 bits per heavy atom. The van der Waals surface area contributed by atoms with Crippen molar-refractivity contribution in [3.63, 3.8) is 0 Å². The largest absolute Gasteiger partial charge is 0.598 e. The predicted octanol–water partition coefficient (Wildman–Crippen LogP) is 4.78. The van der Waals surface area contributed by atoms with Crippen molar-refractivity contribution in [1.82, 2.24) is 4.72 Å². The second-order valence-electron chi connectivity index (χ2n) is 9.56. The molecule has 1 saturated carbocycles. The van der Waals surface area contributed by atoms with Crippen LogP contribution in [0.25, 0.3) is 0 Å². The first kappa shape index (κ1) is 24.1. The third-order valence-corrected chi connectivity index (χ3v) is 8.87. The number of nitrogens with one attached hydrogen (secondary N) is 1. The summed E-state index contributed by atoms with van der Waals surface area (Å²) in [5.41, 5.74) is 1.34. The van der Waals surface area contributed by atoms with E-state index in [4.69, 9.17) is 9.47 Å². The van der Waals surface area contributed by atoms with Gasteiger partial charge in [0.2, 0.25) is 0 Å². The Morgan fingerprint density at radius 3 is 2.57 bits per heavy atom. The Kier molecular flexibility index (Phi) is 7.30. The van der Waals surface area contributed by atoms with E-state index >= 15 is 0 Å². The van der Waals surface area contributed by atoms with Crippen LogP contribution in [0.4, 0.5) is 0 Å². The summed E-state index contributed by atoms with van der Waals surface area (Å²) in [4.78, 5) is 12.9. The lowest BCUT2D eigenvalue weighted by atomic mass is 9.60. The lowest BCUT2D eigenvalue weighted by molar-refractivity contribution is -0.147. The van der Waals surface area contributed by atoms with Crippen LogP contribution < -0.4 is 4.72 Å². The molecule has 168 valence electrons. The van der Waals surface area contributed by atoms with Crippen LogP contribution in [-0.4, -0.2) is 35.1 Å². The normalized spacial score (nSPS) is 29.6. The average Bonchev–Trinajstić information content (AvgIpc) is 2.91. The third kappa shape index (κ3) is 4.46. The van der Waals surface area contributed by atoms with E-state index in [-0.39, 0.29) is 23.9 Å². The fourth-order valence-electron chi connectivity index (χ4n) is 5.11. The average molecular weight is 500 g/mol. The Labute approximate surface area is 192 Å². The molecular formula is C23H34BrNO4S. The van der Waals surface area contributed by atoms with E-state index in [1.54, 1.807) is 7.11 Å². The lowest BCUT2D eigenvalue weighted by Gasteiger charge is -2.50.